The summed E-state index contributed by atoms with van der Waals surface area (Å²) in [6.07, 6.45) is 27.9. The van der Waals surface area contributed by atoms with Gasteiger partial charge in [0.15, 0.2) is 6.29 Å². The maximum atomic E-state index is 13.0. The highest BCUT2D eigenvalue weighted by atomic mass is 32.3. The fourth-order valence-electron chi connectivity index (χ4n) is 7.26. The number of ether oxygens (including phenoxy) is 2. The van der Waals surface area contributed by atoms with Crippen molar-refractivity contribution in [3.63, 3.8) is 0 Å². The van der Waals surface area contributed by atoms with E-state index in [1.54, 1.807) is 0 Å². The fourth-order valence-corrected chi connectivity index (χ4v) is 7.77. The molecule has 6 N–H and O–H groups in total. The van der Waals surface area contributed by atoms with Crippen molar-refractivity contribution in [2.45, 2.75) is 243 Å². The van der Waals surface area contributed by atoms with E-state index in [4.69, 9.17) is 14.0 Å². The van der Waals surface area contributed by atoms with E-state index < -0.39 is 59.9 Å². The summed E-state index contributed by atoms with van der Waals surface area (Å²) >= 11 is 0. The van der Waals surface area contributed by atoms with E-state index in [9.17, 15) is 33.6 Å². The third-order valence-corrected chi connectivity index (χ3v) is 11.3. The molecule has 1 aliphatic rings. The van der Waals surface area contributed by atoms with Crippen LogP contribution in [0.25, 0.3) is 0 Å². The molecule has 1 heterocycles. The molecule has 56 heavy (non-hydrogen) atoms. The molecule has 0 aromatic rings. The zero-order valence-corrected chi connectivity index (χ0v) is 36.0. The Morgan fingerprint density at radius 3 is 1.66 bits per heavy atom. The monoisotopic (exact) mass is 822 g/mol. The molecule has 1 aliphatic heterocycles. The summed E-state index contributed by atoms with van der Waals surface area (Å²) in [4.78, 5) is 13.0. The number of carbonyl (C=O) groups excluding carboxylic acids is 1. The Balaban J connectivity index is 2.49. The molecule has 1 fully saturated rings. The van der Waals surface area contributed by atoms with Gasteiger partial charge in [0.1, 0.15) is 24.4 Å². The Bertz CT molecular complexity index is 1060. The number of carbonyl (C=O) groups is 1. The van der Waals surface area contributed by atoms with Gasteiger partial charge < -0.3 is 35.2 Å². The minimum atomic E-state index is -5.07. The van der Waals surface area contributed by atoms with Crippen molar-refractivity contribution < 1.29 is 51.8 Å². The van der Waals surface area contributed by atoms with Gasteiger partial charge in [0.05, 0.1) is 25.4 Å². The summed E-state index contributed by atoms with van der Waals surface area (Å²) in [5.74, 6) is -0.240. The van der Waals surface area contributed by atoms with Crippen LogP contribution >= 0.6 is 0 Å². The lowest BCUT2D eigenvalue weighted by atomic mass is 9.99. The van der Waals surface area contributed by atoms with Crippen LogP contribution in [0, 0.1) is 0 Å². The van der Waals surface area contributed by atoms with E-state index in [1.165, 1.54) is 103 Å². The maximum Gasteiger partial charge on any atom is 0.397 e. The van der Waals surface area contributed by atoms with E-state index in [1.807, 2.05) is 0 Å². The minimum Gasteiger partial charge on any atom is -0.394 e. The molecule has 0 aliphatic carbocycles. The molecule has 12 nitrogen and oxygen atoms in total. The molecule has 0 radical (unpaired) electrons. The number of aliphatic hydroxyl groups is 4. The first-order valence-electron chi connectivity index (χ1n) is 22.6. The summed E-state index contributed by atoms with van der Waals surface area (Å²) in [6, 6.07) is -0.857. The third-order valence-electron chi connectivity index (χ3n) is 10.8. The van der Waals surface area contributed by atoms with Crippen LogP contribution in [0.15, 0.2) is 12.2 Å². The summed E-state index contributed by atoms with van der Waals surface area (Å²) in [6.45, 7) is 3.40. The third kappa shape index (κ3) is 27.5. The summed E-state index contributed by atoms with van der Waals surface area (Å²) in [5, 5.41) is 44.8. The first-order valence-corrected chi connectivity index (χ1v) is 23.9. The number of amides is 1. The molecule has 0 saturated carbocycles. The predicted octanol–water partition coefficient (Wildman–Crippen LogP) is 8.38. The lowest BCUT2D eigenvalue weighted by molar-refractivity contribution is -0.298. The zero-order valence-electron chi connectivity index (χ0n) is 35.2. The zero-order chi connectivity index (χ0) is 41.3. The van der Waals surface area contributed by atoms with Gasteiger partial charge in [0, 0.05) is 6.42 Å². The van der Waals surface area contributed by atoms with Crippen molar-refractivity contribution in [3.05, 3.63) is 12.2 Å². The number of unbranched alkanes of at least 4 members (excludes halogenated alkanes) is 24. The second kappa shape index (κ2) is 34.7. The van der Waals surface area contributed by atoms with E-state index in [0.29, 0.717) is 12.8 Å². The number of allylic oxidation sites excluding steroid dienone is 2. The van der Waals surface area contributed by atoms with Gasteiger partial charge >= 0.3 is 10.4 Å². The van der Waals surface area contributed by atoms with Gasteiger partial charge in [-0.3, -0.25) is 9.35 Å². The molecule has 0 bridgehead atoms. The first-order chi connectivity index (χ1) is 27.0. The number of aliphatic hydroxyl groups excluding tert-OH is 4. The average Bonchev–Trinajstić information content (AvgIpc) is 3.16. The molecule has 0 aromatic carbocycles. The average molecular weight is 822 g/mol. The van der Waals surface area contributed by atoms with E-state index >= 15 is 0 Å². The van der Waals surface area contributed by atoms with Crippen LogP contribution in [-0.4, -0.2) is 95.4 Å². The molecule has 332 valence electrons. The Morgan fingerprint density at radius 2 is 1.16 bits per heavy atom. The molecule has 0 spiro atoms. The standard InChI is InChI=1S/C43H83NO11S/c1-3-5-7-9-11-13-15-16-17-18-19-20-21-23-24-26-28-30-32-37(46)36(44-39(47)33-31-29-27-25-22-14-12-10-8-6-4-2)35-53-43-41(49)42(55-56(50,51)52)40(48)38(34-45)54-43/h10,12,36-38,40-43,45-46,48-49H,3-9,11,13-35H2,1-2H3,(H,44,47)(H,50,51,52)/b12-10-. The highest BCUT2D eigenvalue weighted by Crippen LogP contribution is 2.26. The van der Waals surface area contributed by atoms with Crippen LogP contribution in [0.2, 0.25) is 0 Å². The molecule has 7 unspecified atom stereocenters. The Hall–Kier alpha value is -1.16. The van der Waals surface area contributed by atoms with Crippen molar-refractivity contribution in [2.75, 3.05) is 13.2 Å². The second-order valence-corrected chi connectivity index (χ2v) is 17.0. The van der Waals surface area contributed by atoms with Gasteiger partial charge in [0.2, 0.25) is 5.91 Å². The van der Waals surface area contributed by atoms with Crippen molar-refractivity contribution in [3.8, 4) is 0 Å². The van der Waals surface area contributed by atoms with Crippen molar-refractivity contribution in [2.24, 2.45) is 0 Å². The first kappa shape index (κ1) is 52.9. The Kier molecular flexibility index (Phi) is 32.7. The second-order valence-electron chi connectivity index (χ2n) is 16.0. The largest absolute Gasteiger partial charge is 0.397 e. The lowest BCUT2D eigenvalue weighted by Gasteiger charge is -2.41. The fraction of sp³-hybridized carbons (Fsp3) is 0.930. The van der Waals surface area contributed by atoms with Crippen molar-refractivity contribution in [1.29, 1.82) is 0 Å². The SMILES string of the molecule is CCCC/C=C\CCCCCCCC(=O)NC(COC1OC(CO)C(O)C(OS(=O)(=O)O)C1O)C(O)CCCCCCCCCCCCCCCCCCCC. The number of hydrogen-bond acceptors (Lipinski definition) is 10. The molecule has 1 rings (SSSR count). The minimum absolute atomic E-state index is 0.240. The predicted molar refractivity (Wildman–Crippen MR) is 222 cm³/mol. The molecule has 1 amide bonds. The summed E-state index contributed by atoms with van der Waals surface area (Å²) in [7, 11) is -5.07. The summed E-state index contributed by atoms with van der Waals surface area (Å²) < 4.78 is 47.6. The number of hydrogen-bond donors (Lipinski definition) is 6. The lowest BCUT2D eigenvalue weighted by Crippen LogP contribution is -2.61. The number of nitrogens with one attached hydrogen (secondary N) is 1. The van der Waals surface area contributed by atoms with Crippen LogP contribution < -0.4 is 5.32 Å². The van der Waals surface area contributed by atoms with Gasteiger partial charge in [-0.2, -0.15) is 8.42 Å². The number of rotatable bonds is 38. The van der Waals surface area contributed by atoms with Crippen LogP contribution in [0.4, 0.5) is 0 Å². The Morgan fingerprint density at radius 1 is 0.696 bits per heavy atom. The maximum absolute atomic E-state index is 13.0. The quantitative estimate of drug-likeness (QED) is 0.0199. The van der Waals surface area contributed by atoms with Crippen molar-refractivity contribution in [1.82, 2.24) is 5.32 Å². The molecule has 1 saturated heterocycles. The normalized spacial score (nSPS) is 21.4. The van der Waals surface area contributed by atoms with Crippen LogP contribution in [0.5, 0.6) is 0 Å². The van der Waals surface area contributed by atoms with E-state index in [2.05, 4.69) is 35.5 Å². The van der Waals surface area contributed by atoms with E-state index in [0.717, 1.165) is 64.2 Å². The van der Waals surface area contributed by atoms with Gasteiger partial charge in [-0.1, -0.05) is 174 Å². The topological polar surface area (TPSA) is 192 Å². The highest BCUT2D eigenvalue weighted by Gasteiger charge is 2.48. The van der Waals surface area contributed by atoms with Crippen LogP contribution in [0.3, 0.4) is 0 Å². The molecule has 0 aromatic heterocycles. The molecular formula is C43H83NO11S. The molecule has 13 heteroatoms. The molecular weight excluding hydrogens is 739 g/mol. The smallest absolute Gasteiger partial charge is 0.394 e. The van der Waals surface area contributed by atoms with Gasteiger partial charge in [-0.25, -0.2) is 4.18 Å². The highest BCUT2D eigenvalue weighted by molar-refractivity contribution is 7.80. The van der Waals surface area contributed by atoms with Gasteiger partial charge in [-0.05, 0) is 32.1 Å². The van der Waals surface area contributed by atoms with Crippen LogP contribution in [-0.2, 0) is 28.9 Å². The molecule has 7 atom stereocenters. The van der Waals surface area contributed by atoms with Crippen molar-refractivity contribution >= 4 is 16.3 Å². The van der Waals surface area contributed by atoms with Gasteiger partial charge in [0.25, 0.3) is 0 Å². The van der Waals surface area contributed by atoms with Gasteiger partial charge in [-0.15, -0.1) is 0 Å². The van der Waals surface area contributed by atoms with Crippen LogP contribution in [0.1, 0.15) is 200 Å². The van der Waals surface area contributed by atoms with E-state index in [-0.39, 0.29) is 18.9 Å². The summed E-state index contributed by atoms with van der Waals surface area (Å²) in [5.41, 5.74) is 0. The Labute approximate surface area is 340 Å².